The van der Waals surface area contributed by atoms with Gasteiger partial charge < -0.3 is 14.8 Å². The lowest BCUT2D eigenvalue weighted by atomic mass is 10.1. The Bertz CT molecular complexity index is 949. The Morgan fingerprint density at radius 3 is 2.50 bits per heavy atom. The van der Waals surface area contributed by atoms with Crippen LogP contribution in [0, 0.1) is 0 Å². The van der Waals surface area contributed by atoms with Gasteiger partial charge in [0, 0.05) is 18.7 Å². The average molecular weight is 389 g/mol. The number of esters is 2. The van der Waals surface area contributed by atoms with Crippen molar-refractivity contribution in [1.82, 2.24) is 14.9 Å². The molecule has 1 atom stereocenters. The molecule has 0 aliphatic heterocycles. The van der Waals surface area contributed by atoms with Crippen molar-refractivity contribution < 1.29 is 23.9 Å². The fourth-order valence-electron chi connectivity index (χ4n) is 2.32. The number of nitrogens with one attached hydrogen (secondary N) is 2. The fourth-order valence-corrected chi connectivity index (χ4v) is 2.32. The molecule has 0 saturated carbocycles. The van der Waals surface area contributed by atoms with Crippen LogP contribution in [0.25, 0.3) is 0 Å². The Balaban J connectivity index is 1.89. The van der Waals surface area contributed by atoms with Gasteiger partial charge in [-0.25, -0.2) is 9.59 Å². The van der Waals surface area contributed by atoms with E-state index in [1.807, 2.05) is 11.1 Å². The highest BCUT2D eigenvalue weighted by atomic mass is 16.5. The second-order valence-corrected chi connectivity index (χ2v) is 5.73. The van der Waals surface area contributed by atoms with E-state index in [2.05, 4.69) is 10.1 Å². The first kappa shape index (κ1) is 20.6. The molecule has 1 aromatic heterocycles. The molecule has 148 valence electrons. The molecule has 0 aliphatic carbocycles. The van der Waals surface area contributed by atoms with Crippen LogP contribution in [0.5, 0.6) is 0 Å². The molecule has 10 heteroatoms. The summed E-state index contributed by atoms with van der Waals surface area (Å²) < 4.78 is 10.4. The molecule has 0 aliphatic rings. The summed E-state index contributed by atoms with van der Waals surface area (Å²) in [5.41, 5.74) is -0.559. The average Bonchev–Trinajstić information content (AvgIpc) is 2.68. The number of rotatable bonds is 8. The molecular weight excluding hydrogens is 370 g/mol. The van der Waals surface area contributed by atoms with Gasteiger partial charge in [0.05, 0.1) is 7.11 Å². The van der Waals surface area contributed by atoms with Gasteiger partial charge in [0.25, 0.3) is 11.5 Å². The highest BCUT2D eigenvalue weighted by Gasteiger charge is 2.22. The number of ether oxygens (including phenoxy) is 2. The highest BCUT2D eigenvalue weighted by molar-refractivity contribution is 5.86. The molecule has 2 aromatic rings. The zero-order chi connectivity index (χ0) is 20.5. The minimum Gasteiger partial charge on any atom is -0.467 e. The minimum absolute atomic E-state index is 0.208. The van der Waals surface area contributed by atoms with Gasteiger partial charge in [0.1, 0.15) is 12.6 Å². The number of hydrogen-bond donors (Lipinski definition) is 2. The molecule has 28 heavy (non-hydrogen) atoms. The van der Waals surface area contributed by atoms with Gasteiger partial charge >= 0.3 is 17.6 Å². The van der Waals surface area contributed by atoms with Crippen molar-refractivity contribution in [2.24, 2.45) is 0 Å². The van der Waals surface area contributed by atoms with Gasteiger partial charge in [-0.1, -0.05) is 30.3 Å². The summed E-state index contributed by atoms with van der Waals surface area (Å²) in [4.78, 5) is 60.2. The predicted molar refractivity (Wildman–Crippen MR) is 96.4 cm³/mol. The molecule has 0 saturated heterocycles. The molecule has 1 heterocycles. The van der Waals surface area contributed by atoms with E-state index in [0.717, 1.165) is 22.4 Å². The van der Waals surface area contributed by atoms with Crippen molar-refractivity contribution in [3.63, 3.8) is 0 Å². The number of H-pyrrole nitrogens is 1. The third-order valence-electron chi connectivity index (χ3n) is 3.66. The van der Waals surface area contributed by atoms with Gasteiger partial charge in [-0.2, -0.15) is 0 Å². The van der Waals surface area contributed by atoms with Crippen LogP contribution >= 0.6 is 0 Å². The smallest absolute Gasteiger partial charge is 0.328 e. The number of hydrogen-bond acceptors (Lipinski definition) is 7. The molecule has 0 spiro atoms. The van der Waals surface area contributed by atoms with Crippen molar-refractivity contribution in [3.8, 4) is 0 Å². The highest BCUT2D eigenvalue weighted by Crippen LogP contribution is 2.04. The van der Waals surface area contributed by atoms with Gasteiger partial charge in [-0.05, 0) is 5.56 Å². The first-order valence-electron chi connectivity index (χ1n) is 8.25. The van der Waals surface area contributed by atoms with Crippen LogP contribution in [-0.4, -0.2) is 47.2 Å². The Morgan fingerprint density at radius 1 is 1.14 bits per heavy atom. The Hall–Kier alpha value is -3.69. The Labute approximate surface area is 159 Å². The molecule has 0 fully saturated rings. The van der Waals surface area contributed by atoms with Crippen LogP contribution in [0.4, 0.5) is 0 Å². The number of carbonyl (C=O) groups is 3. The first-order valence-corrected chi connectivity index (χ1v) is 8.25. The number of benzene rings is 1. The lowest BCUT2D eigenvalue weighted by Crippen LogP contribution is -2.44. The summed E-state index contributed by atoms with van der Waals surface area (Å²) in [5, 5.41) is 2.45. The minimum atomic E-state index is -0.944. The van der Waals surface area contributed by atoms with Crippen LogP contribution < -0.4 is 16.6 Å². The zero-order valence-electron chi connectivity index (χ0n) is 15.0. The molecule has 1 aromatic carbocycles. The zero-order valence-corrected chi connectivity index (χ0v) is 15.0. The Morgan fingerprint density at radius 2 is 1.86 bits per heavy atom. The quantitative estimate of drug-likeness (QED) is 0.552. The standard InChI is InChI=1S/C18H19N3O7/c1-27-17(25)13(9-12-5-3-2-4-6-12)19-15(23)11-28-16(24)10-21-8-7-14(22)20-18(21)26/h2-8,13H,9-11H2,1H3,(H,19,23)(H,20,22,26). The van der Waals surface area contributed by atoms with Crippen molar-refractivity contribution in [1.29, 1.82) is 0 Å². The summed E-state index contributed by atoms with van der Waals surface area (Å²) in [6.45, 7) is -1.12. The van der Waals surface area contributed by atoms with E-state index in [1.54, 1.807) is 24.3 Å². The van der Waals surface area contributed by atoms with Gasteiger partial charge in [-0.15, -0.1) is 0 Å². The van der Waals surface area contributed by atoms with E-state index in [-0.39, 0.29) is 6.42 Å². The van der Waals surface area contributed by atoms with Crippen molar-refractivity contribution in [2.75, 3.05) is 13.7 Å². The third-order valence-corrected chi connectivity index (χ3v) is 3.66. The number of carbonyl (C=O) groups excluding carboxylic acids is 3. The van der Waals surface area contributed by atoms with Crippen molar-refractivity contribution in [2.45, 2.75) is 19.0 Å². The SMILES string of the molecule is COC(=O)C(Cc1ccccc1)NC(=O)COC(=O)Cn1ccc(=O)[nH]c1=O. The lowest BCUT2D eigenvalue weighted by molar-refractivity contribution is -0.150. The van der Waals surface area contributed by atoms with Crippen molar-refractivity contribution >= 4 is 17.8 Å². The molecular formula is C18H19N3O7. The largest absolute Gasteiger partial charge is 0.467 e. The maximum absolute atomic E-state index is 12.0. The topological polar surface area (TPSA) is 137 Å². The second kappa shape index (κ2) is 9.86. The van der Waals surface area contributed by atoms with E-state index < -0.39 is 48.3 Å². The maximum Gasteiger partial charge on any atom is 0.328 e. The molecule has 2 rings (SSSR count). The summed E-state index contributed by atoms with van der Waals surface area (Å²) >= 11 is 0. The van der Waals surface area contributed by atoms with E-state index >= 15 is 0 Å². The van der Waals surface area contributed by atoms with E-state index in [9.17, 15) is 24.0 Å². The summed E-state index contributed by atoms with van der Waals surface area (Å²) in [7, 11) is 1.20. The summed E-state index contributed by atoms with van der Waals surface area (Å²) in [6, 6.07) is 9.14. The normalized spacial score (nSPS) is 11.3. The predicted octanol–water partition coefficient (Wildman–Crippen LogP) is -1.02. The molecule has 0 radical (unpaired) electrons. The molecule has 0 bridgehead atoms. The van der Waals surface area contributed by atoms with Gasteiger partial charge in [0.2, 0.25) is 0 Å². The number of nitrogens with zero attached hydrogens (tertiary/aromatic N) is 1. The maximum atomic E-state index is 12.0. The summed E-state index contributed by atoms with van der Waals surface area (Å²) in [5.74, 6) is -2.20. The monoisotopic (exact) mass is 389 g/mol. The molecule has 2 N–H and O–H groups in total. The molecule has 1 unspecified atom stereocenters. The van der Waals surface area contributed by atoms with Crippen molar-refractivity contribution in [3.05, 3.63) is 69.0 Å². The Kier molecular flexibility index (Phi) is 7.26. The number of methoxy groups -OCH3 is 1. The van der Waals surface area contributed by atoms with Crippen LogP contribution in [0.15, 0.2) is 52.2 Å². The third kappa shape index (κ3) is 6.24. The first-order chi connectivity index (χ1) is 13.4. The van der Waals surface area contributed by atoms with Gasteiger partial charge in [-0.3, -0.25) is 23.9 Å². The number of aromatic amines is 1. The van der Waals surface area contributed by atoms with Crippen LogP contribution in [-0.2, 0) is 36.8 Å². The molecule has 1 amide bonds. The van der Waals surface area contributed by atoms with Crippen LogP contribution in [0.2, 0.25) is 0 Å². The van der Waals surface area contributed by atoms with E-state index in [1.165, 1.54) is 7.11 Å². The van der Waals surface area contributed by atoms with Crippen LogP contribution in [0.1, 0.15) is 5.56 Å². The fraction of sp³-hybridized carbons (Fsp3) is 0.278. The number of aromatic nitrogens is 2. The van der Waals surface area contributed by atoms with E-state index in [4.69, 9.17) is 4.74 Å². The second-order valence-electron chi connectivity index (χ2n) is 5.73. The molecule has 10 nitrogen and oxygen atoms in total. The van der Waals surface area contributed by atoms with E-state index in [0.29, 0.717) is 0 Å². The number of amides is 1. The van der Waals surface area contributed by atoms with Crippen LogP contribution in [0.3, 0.4) is 0 Å². The summed E-state index contributed by atoms with van der Waals surface area (Å²) in [6.07, 6.45) is 1.34. The lowest BCUT2D eigenvalue weighted by Gasteiger charge is -2.16. The van der Waals surface area contributed by atoms with Gasteiger partial charge in [0.15, 0.2) is 6.61 Å².